The molecule has 56 heavy (non-hydrogen) atoms. The molecular weight excluding hydrogens is 848 g/mol. The van der Waals surface area contributed by atoms with Crippen LogP contribution in [0.4, 0.5) is 4.79 Å². The first-order valence-corrected chi connectivity index (χ1v) is 23.6. The van der Waals surface area contributed by atoms with Crippen molar-refractivity contribution in [3.05, 3.63) is 67.6 Å². The van der Waals surface area contributed by atoms with Crippen molar-refractivity contribution in [2.45, 2.75) is 30.5 Å². The van der Waals surface area contributed by atoms with Crippen molar-refractivity contribution in [3.63, 3.8) is 0 Å². The van der Waals surface area contributed by atoms with Gasteiger partial charge in [-0.1, -0.05) is 58.5 Å². The molecule has 2 aromatic carbocycles. The van der Waals surface area contributed by atoms with E-state index in [2.05, 4.69) is 0 Å². The van der Waals surface area contributed by atoms with E-state index in [1.165, 1.54) is 8.61 Å². The van der Waals surface area contributed by atoms with Crippen LogP contribution >= 0.6 is 46.4 Å². The highest BCUT2D eigenvalue weighted by atomic mass is 35.5. The molecule has 0 radical (unpaired) electrons. The summed E-state index contributed by atoms with van der Waals surface area (Å²) in [5, 5.41) is 1.32. The Morgan fingerprint density at radius 3 is 1.66 bits per heavy atom. The predicted octanol–water partition coefficient (Wildman–Crippen LogP) is 3.12. The number of Topliss-reactive ketones (excluding diaryl/α,β-unsaturated/α-hetero) is 1. The number of benzene rings is 2. The number of amides is 2. The number of carbonyl (C=O) groups is 3. The third kappa shape index (κ3) is 8.62. The van der Waals surface area contributed by atoms with Gasteiger partial charge in [0.2, 0.25) is 20.0 Å². The molecule has 2 aromatic rings. The van der Waals surface area contributed by atoms with Crippen LogP contribution in [0.2, 0.25) is 20.1 Å². The number of ketones is 1. The lowest BCUT2D eigenvalue weighted by Crippen LogP contribution is -2.71. The number of hydrogen-bond donors (Lipinski definition) is 1. The molecule has 4 heterocycles. The van der Waals surface area contributed by atoms with Crippen molar-refractivity contribution in [1.82, 2.24) is 28.2 Å². The number of likely N-dealkylation sites (tertiary alicyclic amines) is 2. The highest BCUT2D eigenvalue weighted by molar-refractivity contribution is 7.88. The van der Waals surface area contributed by atoms with Gasteiger partial charge >= 0.3 is 6.03 Å². The minimum absolute atomic E-state index is 0.0332. The van der Waals surface area contributed by atoms with E-state index in [9.17, 15) is 26.4 Å². The van der Waals surface area contributed by atoms with Crippen molar-refractivity contribution in [1.29, 1.82) is 0 Å². The van der Waals surface area contributed by atoms with Gasteiger partial charge in [0.05, 0.1) is 32.6 Å². The van der Waals surface area contributed by atoms with Gasteiger partial charge < -0.3 is 15.5 Å². The van der Waals surface area contributed by atoms with Gasteiger partial charge in [-0.25, -0.2) is 21.6 Å². The van der Waals surface area contributed by atoms with Gasteiger partial charge in [0.1, 0.15) is 0 Å². The largest absolute Gasteiger partial charge is 0.328 e. The lowest BCUT2D eigenvalue weighted by molar-refractivity contribution is -0.157. The Kier molecular flexibility index (Phi) is 13.1. The maximum absolute atomic E-state index is 15.7. The Morgan fingerprint density at radius 1 is 0.696 bits per heavy atom. The van der Waals surface area contributed by atoms with Gasteiger partial charge in [-0.3, -0.25) is 19.4 Å². The third-order valence-electron chi connectivity index (χ3n) is 11.9. The number of aldehydes is 1. The molecule has 0 bridgehead atoms. The summed E-state index contributed by atoms with van der Waals surface area (Å²) in [5.41, 5.74) is 6.23. The smallest absolute Gasteiger partial charge is 0.320 e. The first kappa shape index (κ1) is 43.5. The number of nitrogens with zero attached hydrogens (tertiary/aromatic N) is 6. The van der Waals surface area contributed by atoms with Gasteiger partial charge in [0.25, 0.3) is 0 Å². The normalized spacial score (nSPS) is 26.6. The molecule has 20 heteroatoms. The van der Waals surface area contributed by atoms with Crippen LogP contribution in [0.25, 0.3) is 0 Å². The molecule has 4 fully saturated rings. The second-order valence-corrected chi connectivity index (χ2v) is 20.9. The Balaban J connectivity index is 1.40. The molecule has 4 aliphatic rings. The molecule has 2 N–H and O–H groups in total. The molecule has 1 unspecified atom stereocenters. The summed E-state index contributed by atoms with van der Waals surface area (Å²) in [7, 11) is -6.99. The molecule has 0 saturated carbocycles. The quantitative estimate of drug-likeness (QED) is 0.277. The molecular formula is C36H47Cl4N7O7S2. The lowest BCUT2D eigenvalue weighted by atomic mass is 9.80. The van der Waals surface area contributed by atoms with Crippen LogP contribution in [0.5, 0.6) is 0 Å². The Bertz CT molecular complexity index is 2060. The summed E-state index contributed by atoms with van der Waals surface area (Å²) >= 11 is 25.6. The monoisotopic (exact) mass is 893 g/mol. The minimum Gasteiger partial charge on any atom is -0.328 e. The van der Waals surface area contributed by atoms with Gasteiger partial charge in [0.15, 0.2) is 17.7 Å². The number of halogens is 4. The molecule has 0 aliphatic carbocycles. The first-order chi connectivity index (χ1) is 26.3. The third-order valence-corrected chi connectivity index (χ3v) is 16.0. The summed E-state index contributed by atoms with van der Waals surface area (Å²) in [6.07, 6.45) is 2.93. The van der Waals surface area contributed by atoms with Crippen molar-refractivity contribution < 1.29 is 31.2 Å². The van der Waals surface area contributed by atoms with E-state index in [1.807, 2.05) is 17.9 Å². The topological polar surface area (TPSA) is 165 Å². The van der Waals surface area contributed by atoms with Crippen LogP contribution in [0.3, 0.4) is 0 Å². The molecule has 0 spiro atoms. The zero-order chi connectivity index (χ0) is 40.9. The Labute approximate surface area is 348 Å². The number of rotatable bonds is 10. The maximum atomic E-state index is 15.7. The van der Waals surface area contributed by atoms with Gasteiger partial charge in [0, 0.05) is 102 Å². The predicted molar refractivity (Wildman–Crippen MR) is 217 cm³/mol. The molecule has 2 amide bonds. The molecule has 6 atom stereocenters. The number of urea groups is 1. The second kappa shape index (κ2) is 16.9. The fourth-order valence-electron chi connectivity index (χ4n) is 8.81. The standard InChI is InChI=1S/C36H47Cl4N7O7S2/c1-23(41)26-20-45(21-28(26)25-5-7-31(38)33(40)17-25)36(22-48,44-10-14-47(15-11-44)56(3,53)54)34(49)29-19-43(18-27(29)24-4-6-30(37)32(39)16-24)35(50)42-8-12-46(13-9-42)55(2,51)52/h4-7,16-17,22-23,26-29H,8-15,18-21,41H2,1-3H3/t23-,26+,27-,28-,29-,36?/m1/s1. The Morgan fingerprint density at radius 2 is 1.20 bits per heavy atom. The highest BCUT2D eigenvalue weighted by Crippen LogP contribution is 2.44. The summed E-state index contributed by atoms with van der Waals surface area (Å²) in [6.45, 7) is 3.39. The van der Waals surface area contributed by atoms with E-state index in [0.29, 0.717) is 26.9 Å². The molecule has 4 aliphatic heterocycles. The fourth-order valence-corrected chi connectivity index (χ4v) is 11.1. The zero-order valence-corrected chi connectivity index (χ0v) is 36.0. The first-order valence-electron chi connectivity index (χ1n) is 18.4. The molecule has 308 valence electrons. The van der Waals surface area contributed by atoms with Crippen LogP contribution < -0.4 is 5.73 Å². The highest BCUT2D eigenvalue weighted by Gasteiger charge is 2.58. The van der Waals surface area contributed by atoms with Gasteiger partial charge in [-0.15, -0.1) is 0 Å². The number of sulfonamides is 2. The summed E-state index contributed by atoms with van der Waals surface area (Å²) < 4.78 is 52.1. The SMILES string of the molecule is C[C@@H](N)[C@@H]1CN(C(C=O)(C(=O)[C@@H]2CN(C(=O)N3CCN(S(C)(=O)=O)CC3)C[C@@H]2c2ccc(Cl)c(Cl)c2)N2CCN(S(C)(=O)=O)CC2)C[C@@H]1c1ccc(Cl)c(Cl)c1. The fraction of sp³-hybridized carbons (Fsp3) is 0.583. The van der Waals surface area contributed by atoms with E-state index in [0.717, 1.165) is 18.1 Å². The van der Waals surface area contributed by atoms with Gasteiger partial charge in [-0.05, 0) is 48.2 Å². The molecule has 0 aromatic heterocycles. The summed E-state index contributed by atoms with van der Waals surface area (Å²) in [6, 6.07) is 9.70. The lowest BCUT2D eigenvalue weighted by Gasteiger charge is -2.49. The van der Waals surface area contributed by atoms with Crippen LogP contribution in [0, 0.1) is 11.8 Å². The molecule has 14 nitrogen and oxygen atoms in total. The van der Waals surface area contributed by atoms with Crippen LogP contribution in [-0.4, -0.2) is 166 Å². The number of carbonyl (C=O) groups excluding carboxylic acids is 3. The summed E-state index contributed by atoms with van der Waals surface area (Å²) in [5.74, 6) is -2.41. The number of nitrogens with two attached hydrogens (primary N) is 1. The van der Waals surface area contributed by atoms with E-state index in [-0.39, 0.29) is 107 Å². The number of hydrogen-bond acceptors (Lipinski definition) is 10. The zero-order valence-electron chi connectivity index (χ0n) is 31.4. The van der Waals surface area contributed by atoms with Crippen molar-refractivity contribution in [3.8, 4) is 0 Å². The molecule has 6 rings (SSSR count). The van der Waals surface area contributed by atoms with E-state index < -0.39 is 43.3 Å². The Hall–Kier alpha value is -2.09. The van der Waals surface area contributed by atoms with Crippen molar-refractivity contribution in [2.75, 3.05) is 91.0 Å². The van der Waals surface area contributed by atoms with Crippen LogP contribution in [0.1, 0.15) is 29.9 Å². The summed E-state index contributed by atoms with van der Waals surface area (Å²) in [4.78, 5) is 50.7. The number of piperazine rings is 2. The van der Waals surface area contributed by atoms with Crippen molar-refractivity contribution in [2.24, 2.45) is 17.6 Å². The van der Waals surface area contributed by atoms with Crippen LogP contribution in [0.15, 0.2) is 36.4 Å². The minimum atomic E-state index is -3.55. The second-order valence-electron chi connectivity index (χ2n) is 15.3. The van der Waals surface area contributed by atoms with Gasteiger partial charge in [-0.2, -0.15) is 8.61 Å². The van der Waals surface area contributed by atoms with Crippen molar-refractivity contribution >= 4 is 84.6 Å². The van der Waals surface area contributed by atoms with E-state index in [4.69, 9.17) is 52.1 Å². The average molecular weight is 896 g/mol. The average Bonchev–Trinajstić information content (AvgIpc) is 3.80. The molecule has 4 saturated heterocycles. The van der Waals surface area contributed by atoms with E-state index in [1.54, 1.807) is 45.0 Å². The van der Waals surface area contributed by atoms with Crippen LogP contribution in [-0.2, 0) is 29.6 Å². The van der Waals surface area contributed by atoms with E-state index >= 15 is 4.79 Å². The maximum Gasteiger partial charge on any atom is 0.320 e.